The van der Waals surface area contributed by atoms with Gasteiger partial charge in [-0.15, -0.1) is 0 Å². The van der Waals surface area contributed by atoms with E-state index >= 15 is 0 Å². The molecule has 0 aromatic carbocycles. The van der Waals surface area contributed by atoms with Crippen LogP contribution in [0.25, 0.3) is 0 Å². The summed E-state index contributed by atoms with van der Waals surface area (Å²) >= 11 is 0. The Hall–Kier alpha value is -0.660. The maximum absolute atomic E-state index is 10.1. The minimum atomic E-state index is -3.94. The van der Waals surface area contributed by atoms with Crippen LogP contribution in [0.1, 0.15) is 0 Å². The average Bonchev–Trinajstić information content (AvgIpc) is 1.78. The van der Waals surface area contributed by atoms with Crippen molar-refractivity contribution < 1.29 is 17.8 Å². The van der Waals surface area contributed by atoms with Gasteiger partial charge in [-0.05, 0) is 0 Å². The van der Waals surface area contributed by atoms with E-state index in [2.05, 4.69) is 5.32 Å². The second kappa shape index (κ2) is 4.27. The summed E-state index contributed by atoms with van der Waals surface area (Å²) in [6, 6.07) is 0. The molecular weight excluding hydrogens is 174 g/mol. The summed E-state index contributed by atoms with van der Waals surface area (Å²) in [4.78, 5) is 10.1. The van der Waals surface area contributed by atoms with Gasteiger partial charge in [0.1, 0.15) is 0 Å². The fourth-order valence-corrected chi connectivity index (χ4v) is 0.815. The number of nitrogens with two attached hydrogens (primary N) is 1. The van der Waals surface area contributed by atoms with Crippen LogP contribution in [0.5, 0.6) is 0 Å². The number of nitrogens with one attached hydrogen (secondary N) is 1. The fraction of sp³-hybridized carbons (Fsp3) is 0.750. The van der Waals surface area contributed by atoms with Crippen molar-refractivity contribution in [3.8, 4) is 0 Å². The molecule has 0 bridgehead atoms. The second-order valence-corrected chi connectivity index (χ2v) is 3.50. The molecule has 4 N–H and O–H groups in total. The van der Waals surface area contributed by atoms with Crippen molar-refractivity contribution >= 4 is 16.0 Å². The summed E-state index contributed by atoms with van der Waals surface area (Å²) in [5.74, 6) is -0.986. The number of carbonyl (C=O) groups excluding carboxylic acids is 1. The SMILES string of the molecule is [15NH2][13C](=O)CNCCS(=O)(=O)O. The predicted molar refractivity (Wildman–Crippen MR) is 38.5 cm³/mol. The fourth-order valence-electron chi connectivity index (χ4n) is 0.413. The van der Waals surface area contributed by atoms with Gasteiger partial charge in [-0.2, -0.15) is 8.42 Å². The summed E-state index contributed by atoms with van der Waals surface area (Å²) in [5, 5.41) is 2.43. The van der Waals surface area contributed by atoms with Gasteiger partial charge in [-0.25, -0.2) is 0 Å². The highest BCUT2D eigenvalue weighted by atomic mass is 32.2. The molecule has 0 aliphatic carbocycles. The van der Waals surface area contributed by atoms with Gasteiger partial charge >= 0.3 is 0 Å². The summed E-state index contributed by atoms with van der Waals surface area (Å²) in [7, 11) is -3.94. The first-order chi connectivity index (χ1) is 4.92. The highest BCUT2D eigenvalue weighted by Gasteiger charge is 2.02. The van der Waals surface area contributed by atoms with Crippen LogP contribution in [0, 0.1) is 0 Å². The Morgan fingerprint density at radius 2 is 2.09 bits per heavy atom. The third kappa shape index (κ3) is 9.34. The Morgan fingerprint density at radius 3 is 2.45 bits per heavy atom. The van der Waals surface area contributed by atoms with Crippen molar-refractivity contribution in [2.75, 3.05) is 18.8 Å². The van der Waals surface area contributed by atoms with Gasteiger partial charge in [-0.3, -0.25) is 9.35 Å². The van der Waals surface area contributed by atoms with Crippen molar-refractivity contribution in [2.24, 2.45) is 5.73 Å². The van der Waals surface area contributed by atoms with Crippen LogP contribution in [-0.4, -0.2) is 37.7 Å². The van der Waals surface area contributed by atoms with E-state index in [1.54, 1.807) is 0 Å². The molecule has 0 fully saturated rings. The highest BCUT2D eigenvalue weighted by molar-refractivity contribution is 7.85. The van der Waals surface area contributed by atoms with E-state index in [0.717, 1.165) is 0 Å². The first-order valence-electron chi connectivity index (χ1n) is 2.86. The van der Waals surface area contributed by atoms with Gasteiger partial charge in [0.15, 0.2) is 0 Å². The molecule has 0 aromatic heterocycles. The van der Waals surface area contributed by atoms with E-state index in [1.165, 1.54) is 0 Å². The molecule has 0 spiro atoms. The lowest BCUT2D eigenvalue weighted by molar-refractivity contribution is -0.117. The Kier molecular flexibility index (Phi) is 4.01. The lowest BCUT2D eigenvalue weighted by Gasteiger charge is -1.98. The van der Waals surface area contributed by atoms with E-state index in [4.69, 9.17) is 10.3 Å². The van der Waals surface area contributed by atoms with E-state index in [0.29, 0.717) is 0 Å². The van der Waals surface area contributed by atoms with Crippen molar-refractivity contribution in [1.29, 1.82) is 0 Å². The minimum Gasteiger partial charge on any atom is -0.369 e. The van der Waals surface area contributed by atoms with Gasteiger partial charge in [-0.1, -0.05) is 0 Å². The van der Waals surface area contributed by atoms with Crippen LogP contribution >= 0.6 is 0 Å². The summed E-state index contributed by atoms with van der Waals surface area (Å²) in [6.45, 7) is -0.0721. The van der Waals surface area contributed by atoms with Crippen molar-refractivity contribution in [3.63, 3.8) is 0 Å². The monoisotopic (exact) mass is 184 g/mol. The summed E-state index contributed by atoms with van der Waals surface area (Å²) in [5.41, 5.74) is 4.73. The number of rotatable bonds is 5. The first kappa shape index (κ1) is 10.3. The van der Waals surface area contributed by atoms with Crippen molar-refractivity contribution in [2.45, 2.75) is 0 Å². The molecule has 0 heterocycles. The maximum Gasteiger partial charge on any atom is 0.266 e. The number of amides is 1. The molecule has 0 atom stereocenters. The Labute approximate surface area is 64.5 Å². The third-order valence-corrected chi connectivity index (χ3v) is 1.56. The van der Waals surface area contributed by atoms with Crippen LogP contribution in [-0.2, 0) is 14.9 Å². The quantitative estimate of drug-likeness (QED) is 0.197. The summed E-state index contributed by atoms with van der Waals surface area (Å²) in [6.07, 6.45) is 0. The normalized spacial score (nSPS) is 11.4. The standard InChI is InChI=1S/C4H10N2O4S/c5-4(7)3-6-1-2-11(8,9)10/h6H,1-3H2,(H2,5,7)(H,8,9,10)/i4+1,5+1. The molecule has 0 saturated heterocycles. The van der Waals surface area contributed by atoms with Crippen LogP contribution < -0.4 is 11.1 Å². The van der Waals surface area contributed by atoms with E-state index < -0.39 is 21.8 Å². The molecule has 0 unspecified atom stereocenters. The van der Waals surface area contributed by atoms with Crippen molar-refractivity contribution in [3.05, 3.63) is 0 Å². The molecule has 1 amide bonds. The largest absolute Gasteiger partial charge is 0.369 e. The van der Waals surface area contributed by atoms with Gasteiger partial charge in [0.05, 0.1) is 12.3 Å². The van der Waals surface area contributed by atoms with Crippen molar-refractivity contribution in [1.82, 2.24) is 5.32 Å². The molecule has 0 rings (SSSR count). The number of primary amides is 1. The lowest BCUT2D eigenvalue weighted by atomic mass is 10.7. The molecule has 6 nitrogen and oxygen atoms in total. The van der Waals surface area contributed by atoms with Gasteiger partial charge < -0.3 is 11.1 Å². The van der Waals surface area contributed by atoms with E-state index in [1.807, 2.05) is 0 Å². The molecule has 0 radical (unpaired) electrons. The van der Waals surface area contributed by atoms with Gasteiger partial charge in [0.25, 0.3) is 10.1 Å². The van der Waals surface area contributed by atoms with E-state index in [-0.39, 0.29) is 13.1 Å². The van der Waals surface area contributed by atoms with Crippen LogP contribution in [0.4, 0.5) is 0 Å². The summed E-state index contributed by atoms with van der Waals surface area (Å²) < 4.78 is 28.3. The zero-order valence-electron chi connectivity index (χ0n) is 5.78. The Bertz CT molecular complexity index is 222. The zero-order valence-corrected chi connectivity index (χ0v) is 6.60. The maximum atomic E-state index is 10.1. The predicted octanol–water partition coefficient (Wildman–Crippen LogP) is -2.05. The van der Waals surface area contributed by atoms with Crippen LogP contribution in [0.2, 0.25) is 0 Å². The van der Waals surface area contributed by atoms with E-state index in [9.17, 15) is 13.2 Å². The average molecular weight is 184 g/mol. The Balaban J connectivity index is 3.37. The first-order valence-corrected chi connectivity index (χ1v) is 4.47. The smallest absolute Gasteiger partial charge is 0.266 e. The topological polar surface area (TPSA) is 109 Å². The molecule has 0 aromatic rings. The number of hydrogen-bond donors (Lipinski definition) is 3. The highest BCUT2D eigenvalue weighted by Crippen LogP contribution is 1.77. The molecule has 0 saturated carbocycles. The second-order valence-electron chi connectivity index (χ2n) is 1.93. The number of carbonyl (C=O) groups is 1. The number of hydrogen-bond acceptors (Lipinski definition) is 4. The molecule has 0 aliphatic heterocycles. The molecule has 7 heteroatoms. The molecule has 66 valence electrons. The molecule has 0 aliphatic rings. The van der Waals surface area contributed by atoms with Gasteiger partial charge in [0, 0.05) is 6.54 Å². The Morgan fingerprint density at radius 1 is 1.55 bits per heavy atom. The van der Waals surface area contributed by atoms with Crippen LogP contribution in [0.3, 0.4) is 0 Å². The molecule has 11 heavy (non-hydrogen) atoms. The zero-order chi connectivity index (χ0) is 8.91. The third-order valence-electron chi connectivity index (χ3n) is 0.836. The lowest BCUT2D eigenvalue weighted by Crippen LogP contribution is -2.31. The minimum absolute atomic E-state index is 0.0156. The van der Waals surface area contributed by atoms with Gasteiger partial charge in [0.2, 0.25) is 5.91 Å². The molecular formula is C4H10N2O4S. The van der Waals surface area contributed by atoms with Crippen LogP contribution in [0.15, 0.2) is 0 Å².